The molecule has 3 nitrogen and oxygen atoms in total. The van der Waals surface area contributed by atoms with Crippen molar-refractivity contribution >= 4 is 0 Å². The van der Waals surface area contributed by atoms with Crippen LogP contribution in [0.1, 0.15) is 17.2 Å². The fourth-order valence-electron chi connectivity index (χ4n) is 2.07. The lowest BCUT2D eigenvalue weighted by Crippen LogP contribution is -2.29. The van der Waals surface area contributed by atoms with Crippen molar-refractivity contribution in [1.29, 1.82) is 0 Å². The Balaban J connectivity index is 2.19. The largest absolute Gasteiger partial charge is 0.497 e. The van der Waals surface area contributed by atoms with E-state index in [1.807, 2.05) is 24.3 Å². The first kappa shape index (κ1) is 14.4. The van der Waals surface area contributed by atoms with Gasteiger partial charge in [-0.05, 0) is 41.8 Å². The van der Waals surface area contributed by atoms with Crippen LogP contribution in [0.15, 0.2) is 42.5 Å². The van der Waals surface area contributed by atoms with Crippen molar-refractivity contribution in [3.8, 4) is 5.75 Å². The molecule has 106 valence electrons. The molecule has 5 heteroatoms. The molecule has 20 heavy (non-hydrogen) atoms. The van der Waals surface area contributed by atoms with Crippen molar-refractivity contribution in [2.45, 2.75) is 12.5 Å². The maximum atomic E-state index is 13.2. The van der Waals surface area contributed by atoms with E-state index >= 15 is 0 Å². The first-order valence-electron chi connectivity index (χ1n) is 6.17. The number of nitrogens with one attached hydrogen (secondary N) is 1. The van der Waals surface area contributed by atoms with Crippen molar-refractivity contribution in [3.63, 3.8) is 0 Å². The van der Waals surface area contributed by atoms with Gasteiger partial charge < -0.3 is 4.74 Å². The van der Waals surface area contributed by atoms with E-state index in [0.717, 1.165) is 17.4 Å². The van der Waals surface area contributed by atoms with Crippen molar-refractivity contribution in [2.24, 2.45) is 5.84 Å². The van der Waals surface area contributed by atoms with Gasteiger partial charge in [0.2, 0.25) is 0 Å². The Bertz CT molecular complexity index is 552. The van der Waals surface area contributed by atoms with Crippen molar-refractivity contribution < 1.29 is 13.5 Å². The molecule has 0 aliphatic heterocycles. The van der Waals surface area contributed by atoms with Crippen molar-refractivity contribution in [1.82, 2.24) is 5.43 Å². The van der Waals surface area contributed by atoms with Gasteiger partial charge in [-0.25, -0.2) is 8.78 Å². The van der Waals surface area contributed by atoms with Gasteiger partial charge in [0.1, 0.15) is 17.4 Å². The maximum absolute atomic E-state index is 13.2. The number of benzene rings is 2. The third-order valence-electron chi connectivity index (χ3n) is 3.08. The van der Waals surface area contributed by atoms with E-state index in [2.05, 4.69) is 5.43 Å². The molecular weight excluding hydrogens is 262 g/mol. The zero-order valence-corrected chi connectivity index (χ0v) is 11.1. The highest BCUT2D eigenvalue weighted by Gasteiger charge is 2.12. The van der Waals surface area contributed by atoms with Crippen LogP contribution in [0.3, 0.4) is 0 Å². The Hall–Kier alpha value is -1.98. The molecule has 0 spiro atoms. The zero-order chi connectivity index (χ0) is 14.5. The highest BCUT2D eigenvalue weighted by molar-refractivity contribution is 5.30. The molecule has 2 aromatic carbocycles. The predicted molar refractivity (Wildman–Crippen MR) is 73.1 cm³/mol. The molecule has 0 heterocycles. The Morgan fingerprint density at radius 1 is 1.10 bits per heavy atom. The minimum absolute atomic E-state index is 0.234. The van der Waals surface area contributed by atoms with Gasteiger partial charge in [0.05, 0.1) is 7.11 Å². The molecule has 2 aromatic rings. The Morgan fingerprint density at radius 2 is 1.70 bits per heavy atom. The summed E-state index contributed by atoms with van der Waals surface area (Å²) in [7, 11) is 1.59. The summed E-state index contributed by atoms with van der Waals surface area (Å²) < 4.78 is 31.4. The monoisotopic (exact) mass is 278 g/mol. The molecular formula is C15H16F2N2O. The number of nitrogens with two attached hydrogens (primary N) is 1. The molecule has 1 atom stereocenters. The fraction of sp³-hybridized carbons (Fsp3) is 0.200. The van der Waals surface area contributed by atoms with Gasteiger partial charge in [0.25, 0.3) is 0 Å². The summed E-state index contributed by atoms with van der Waals surface area (Å²) in [5, 5.41) is 0. The van der Waals surface area contributed by atoms with Gasteiger partial charge in [-0.1, -0.05) is 12.1 Å². The quantitative estimate of drug-likeness (QED) is 0.653. The Labute approximate surface area is 116 Å². The second kappa shape index (κ2) is 6.45. The van der Waals surface area contributed by atoms with E-state index in [1.165, 1.54) is 12.1 Å². The van der Waals surface area contributed by atoms with Crippen LogP contribution in [-0.4, -0.2) is 7.11 Å². The van der Waals surface area contributed by atoms with E-state index in [1.54, 1.807) is 7.11 Å². The van der Waals surface area contributed by atoms with Gasteiger partial charge in [-0.2, -0.15) is 0 Å². The molecule has 0 saturated carbocycles. The molecule has 0 aliphatic carbocycles. The summed E-state index contributed by atoms with van der Waals surface area (Å²) in [5.41, 5.74) is 4.12. The SMILES string of the molecule is COc1ccc(C(Cc2cc(F)cc(F)c2)NN)cc1. The summed E-state index contributed by atoms with van der Waals surface area (Å²) in [6.45, 7) is 0. The number of halogens is 2. The lowest BCUT2D eigenvalue weighted by atomic mass is 9.99. The number of ether oxygens (including phenoxy) is 1. The van der Waals surface area contributed by atoms with Crippen LogP contribution in [0, 0.1) is 11.6 Å². The summed E-state index contributed by atoms with van der Waals surface area (Å²) in [4.78, 5) is 0. The van der Waals surface area contributed by atoms with Crippen LogP contribution in [-0.2, 0) is 6.42 Å². The molecule has 1 unspecified atom stereocenters. The number of methoxy groups -OCH3 is 1. The summed E-state index contributed by atoms with van der Waals surface area (Å²) >= 11 is 0. The van der Waals surface area contributed by atoms with Gasteiger partial charge in [-0.15, -0.1) is 0 Å². The van der Waals surface area contributed by atoms with Crippen LogP contribution >= 0.6 is 0 Å². The van der Waals surface area contributed by atoms with Crippen molar-refractivity contribution in [3.05, 3.63) is 65.2 Å². The molecule has 3 N–H and O–H groups in total. The topological polar surface area (TPSA) is 47.3 Å². The number of hydrazine groups is 1. The summed E-state index contributed by atoms with van der Waals surface area (Å²) in [6, 6.07) is 10.6. The van der Waals surface area contributed by atoms with Crippen LogP contribution in [0.25, 0.3) is 0 Å². The van der Waals surface area contributed by atoms with E-state index < -0.39 is 11.6 Å². The third-order valence-corrected chi connectivity index (χ3v) is 3.08. The fourth-order valence-corrected chi connectivity index (χ4v) is 2.07. The minimum Gasteiger partial charge on any atom is -0.497 e. The molecule has 0 fully saturated rings. The molecule has 0 saturated heterocycles. The van der Waals surface area contributed by atoms with Gasteiger partial charge in [0.15, 0.2) is 0 Å². The second-order valence-corrected chi connectivity index (χ2v) is 4.47. The zero-order valence-electron chi connectivity index (χ0n) is 11.1. The van der Waals surface area contributed by atoms with Gasteiger partial charge >= 0.3 is 0 Å². The number of rotatable bonds is 5. The van der Waals surface area contributed by atoms with Gasteiger partial charge in [-0.3, -0.25) is 11.3 Å². The first-order valence-corrected chi connectivity index (χ1v) is 6.17. The summed E-state index contributed by atoms with van der Waals surface area (Å²) in [5.74, 6) is 5.08. The standard InChI is InChI=1S/C15H16F2N2O/c1-20-14-4-2-11(3-5-14)15(19-18)8-10-6-12(16)9-13(17)7-10/h2-7,9,15,19H,8,18H2,1H3. The lowest BCUT2D eigenvalue weighted by Gasteiger charge is -2.17. The highest BCUT2D eigenvalue weighted by atomic mass is 19.1. The molecule has 0 radical (unpaired) electrons. The second-order valence-electron chi connectivity index (χ2n) is 4.47. The molecule has 0 bridgehead atoms. The number of hydrogen-bond donors (Lipinski definition) is 2. The van der Waals surface area contributed by atoms with Crippen molar-refractivity contribution in [2.75, 3.05) is 7.11 Å². The molecule has 2 rings (SSSR count). The van der Waals surface area contributed by atoms with Crippen LogP contribution in [0.4, 0.5) is 8.78 Å². The van der Waals surface area contributed by atoms with Gasteiger partial charge in [0, 0.05) is 12.1 Å². The number of hydrogen-bond acceptors (Lipinski definition) is 3. The summed E-state index contributed by atoms with van der Waals surface area (Å²) in [6.07, 6.45) is 0.386. The van der Waals surface area contributed by atoms with E-state index in [-0.39, 0.29) is 6.04 Å². The van der Waals surface area contributed by atoms with Crippen LogP contribution in [0.2, 0.25) is 0 Å². The molecule has 0 aromatic heterocycles. The van der Waals surface area contributed by atoms with E-state index in [9.17, 15) is 8.78 Å². The lowest BCUT2D eigenvalue weighted by molar-refractivity contribution is 0.414. The smallest absolute Gasteiger partial charge is 0.126 e. The highest BCUT2D eigenvalue weighted by Crippen LogP contribution is 2.21. The van der Waals surface area contributed by atoms with E-state index in [0.29, 0.717) is 12.0 Å². The first-order chi connectivity index (χ1) is 9.62. The predicted octanol–water partition coefficient (Wildman–Crippen LogP) is 2.72. The van der Waals surface area contributed by atoms with Crippen LogP contribution in [0.5, 0.6) is 5.75 Å². The normalized spacial score (nSPS) is 12.2. The maximum Gasteiger partial charge on any atom is 0.126 e. The van der Waals surface area contributed by atoms with Crippen LogP contribution < -0.4 is 16.0 Å². The Kier molecular flexibility index (Phi) is 4.65. The average Bonchev–Trinajstić information content (AvgIpc) is 2.44. The molecule has 0 aliphatic rings. The van der Waals surface area contributed by atoms with E-state index in [4.69, 9.17) is 10.6 Å². The Morgan fingerprint density at radius 3 is 2.20 bits per heavy atom. The minimum atomic E-state index is -0.592. The third kappa shape index (κ3) is 3.53. The average molecular weight is 278 g/mol. The molecule has 0 amide bonds.